The number of aromatic nitrogens is 3. The van der Waals surface area contributed by atoms with Gasteiger partial charge in [0.25, 0.3) is 5.91 Å². The van der Waals surface area contributed by atoms with Gasteiger partial charge in [0.1, 0.15) is 12.0 Å². The minimum absolute atomic E-state index is 0.128. The van der Waals surface area contributed by atoms with Crippen molar-refractivity contribution in [1.82, 2.24) is 25.2 Å². The van der Waals surface area contributed by atoms with Gasteiger partial charge in [0.05, 0.1) is 5.69 Å². The number of hydrogen-bond donors (Lipinski definition) is 1. The third-order valence-corrected chi connectivity index (χ3v) is 4.65. The van der Waals surface area contributed by atoms with Gasteiger partial charge in [-0.2, -0.15) is 0 Å². The molecule has 1 saturated heterocycles. The molecule has 2 aromatic rings. The zero-order chi connectivity index (χ0) is 17.5. The van der Waals surface area contributed by atoms with E-state index in [0.717, 1.165) is 44.6 Å². The Bertz CT molecular complexity index is 674. The van der Waals surface area contributed by atoms with Crippen LogP contribution < -0.4 is 5.32 Å². The van der Waals surface area contributed by atoms with Crippen LogP contribution in [0, 0.1) is 5.92 Å². The summed E-state index contributed by atoms with van der Waals surface area (Å²) >= 11 is 0. The van der Waals surface area contributed by atoms with E-state index < -0.39 is 0 Å². The highest BCUT2D eigenvalue weighted by molar-refractivity contribution is 5.92. The summed E-state index contributed by atoms with van der Waals surface area (Å²) in [4.78, 5) is 26.9. The third-order valence-electron chi connectivity index (χ3n) is 4.65. The number of piperidine rings is 1. The van der Waals surface area contributed by atoms with Crippen molar-refractivity contribution in [2.75, 3.05) is 19.6 Å². The van der Waals surface area contributed by atoms with E-state index in [1.165, 1.54) is 11.9 Å². The second-order valence-corrected chi connectivity index (χ2v) is 6.56. The molecule has 3 rings (SSSR count). The molecular formula is C19H25N5O. The Kier molecular flexibility index (Phi) is 6.06. The van der Waals surface area contributed by atoms with Crippen LogP contribution in [0.5, 0.6) is 0 Å². The maximum absolute atomic E-state index is 12.1. The largest absolute Gasteiger partial charge is 0.350 e. The van der Waals surface area contributed by atoms with E-state index in [2.05, 4.69) is 44.2 Å². The minimum Gasteiger partial charge on any atom is -0.350 e. The van der Waals surface area contributed by atoms with E-state index in [1.54, 1.807) is 12.3 Å². The second kappa shape index (κ2) is 8.67. The van der Waals surface area contributed by atoms with Crippen LogP contribution in [0.1, 0.15) is 41.5 Å². The van der Waals surface area contributed by atoms with Crippen molar-refractivity contribution in [2.24, 2.45) is 5.92 Å². The van der Waals surface area contributed by atoms with Gasteiger partial charge in [-0.3, -0.25) is 14.7 Å². The molecule has 1 atom stereocenters. The molecule has 6 heteroatoms. The van der Waals surface area contributed by atoms with Crippen molar-refractivity contribution in [3.8, 4) is 0 Å². The Morgan fingerprint density at radius 3 is 2.96 bits per heavy atom. The first-order valence-corrected chi connectivity index (χ1v) is 8.95. The molecule has 2 aromatic heterocycles. The number of carbonyl (C=O) groups is 1. The van der Waals surface area contributed by atoms with Gasteiger partial charge in [-0.05, 0) is 49.4 Å². The summed E-state index contributed by atoms with van der Waals surface area (Å²) in [6, 6.07) is 5.92. The molecule has 1 N–H and O–H groups in total. The summed E-state index contributed by atoms with van der Waals surface area (Å²) in [5, 5.41) is 3.00. The van der Waals surface area contributed by atoms with Crippen LogP contribution in [0.15, 0.2) is 36.9 Å². The van der Waals surface area contributed by atoms with Gasteiger partial charge < -0.3 is 5.32 Å². The molecule has 0 aromatic carbocycles. The first-order chi connectivity index (χ1) is 12.2. The zero-order valence-corrected chi connectivity index (χ0v) is 14.7. The maximum Gasteiger partial charge on any atom is 0.270 e. The van der Waals surface area contributed by atoms with Crippen molar-refractivity contribution in [2.45, 2.75) is 32.7 Å². The number of aryl methyl sites for hydroxylation is 1. The number of rotatable bonds is 6. The highest BCUT2D eigenvalue weighted by Gasteiger charge is 2.21. The molecule has 25 heavy (non-hydrogen) atoms. The summed E-state index contributed by atoms with van der Waals surface area (Å²) < 4.78 is 0. The molecule has 1 fully saturated rings. The molecule has 1 aliphatic rings. The topological polar surface area (TPSA) is 71.0 Å². The van der Waals surface area contributed by atoms with E-state index in [9.17, 15) is 4.79 Å². The van der Waals surface area contributed by atoms with Gasteiger partial charge >= 0.3 is 0 Å². The Morgan fingerprint density at radius 1 is 1.32 bits per heavy atom. The third kappa shape index (κ3) is 5.06. The summed E-state index contributed by atoms with van der Waals surface area (Å²) in [5.74, 6) is 0.339. The quantitative estimate of drug-likeness (QED) is 0.872. The van der Waals surface area contributed by atoms with E-state index in [-0.39, 0.29) is 5.91 Å². The molecule has 0 bridgehead atoms. The van der Waals surface area contributed by atoms with Crippen LogP contribution in [-0.2, 0) is 13.0 Å². The highest BCUT2D eigenvalue weighted by atomic mass is 16.1. The average Bonchev–Trinajstić information content (AvgIpc) is 2.68. The van der Waals surface area contributed by atoms with Crippen LogP contribution >= 0.6 is 0 Å². The van der Waals surface area contributed by atoms with Crippen molar-refractivity contribution in [3.63, 3.8) is 0 Å². The predicted octanol–water partition coefficient (Wildman–Crippen LogP) is 2.08. The molecule has 1 unspecified atom stereocenters. The summed E-state index contributed by atoms with van der Waals surface area (Å²) in [6.45, 7) is 5.78. The van der Waals surface area contributed by atoms with Gasteiger partial charge in [0.15, 0.2) is 0 Å². The number of likely N-dealkylation sites (tertiary alicyclic amines) is 1. The Hall–Kier alpha value is -2.34. The van der Waals surface area contributed by atoms with E-state index in [0.29, 0.717) is 18.2 Å². The van der Waals surface area contributed by atoms with Crippen LogP contribution in [0.4, 0.5) is 0 Å². The van der Waals surface area contributed by atoms with Crippen LogP contribution in [0.25, 0.3) is 0 Å². The average molecular weight is 339 g/mol. The number of carbonyl (C=O) groups excluding carboxylic acids is 1. The fraction of sp³-hybridized carbons (Fsp3) is 0.474. The Balaban J connectivity index is 1.48. The van der Waals surface area contributed by atoms with Crippen molar-refractivity contribution >= 4 is 5.91 Å². The lowest BCUT2D eigenvalue weighted by Crippen LogP contribution is -2.40. The van der Waals surface area contributed by atoms with Gasteiger partial charge in [-0.15, -0.1) is 0 Å². The molecule has 1 amide bonds. The van der Waals surface area contributed by atoms with Gasteiger partial charge in [0.2, 0.25) is 0 Å². The first kappa shape index (κ1) is 17.5. The monoisotopic (exact) mass is 339 g/mol. The van der Waals surface area contributed by atoms with Crippen LogP contribution in [0.2, 0.25) is 0 Å². The molecule has 0 saturated carbocycles. The van der Waals surface area contributed by atoms with E-state index in [1.807, 2.05) is 6.20 Å². The SMILES string of the molecule is CCc1ccc(CN2CCCC(CNC(=O)c3ccncn3)C2)nc1. The van der Waals surface area contributed by atoms with Crippen molar-refractivity contribution in [1.29, 1.82) is 0 Å². The standard InChI is InChI=1S/C19H25N5O/c1-2-15-5-6-17(21-10-15)13-24-9-3-4-16(12-24)11-22-19(25)18-7-8-20-14-23-18/h5-8,10,14,16H,2-4,9,11-13H2,1H3,(H,22,25). The van der Waals surface area contributed by atoms with Gasteiger partial charge in [0, 0.05) is 32.0 Å². The fourth-order valence-electron chi connectivity index (χ4n) is 3.20. The van der Waals surface area contributed by atoms with Crippen LogP contribution in [-0.4, -0.2) is 45.4 Å². The van der Waals surface area contributed by atoms with Crippen molar-refractivity contribution in [3.05, 3.63) is 53.9 Å². The fourth-order valence-corrected chi connectivity index (χ4v) is 3.20. The Morgan fingerprint density at radius 2 is 2.24 bits per heavy atom. The minimum atomic E-state index is -0.128. The first-order valence-electron chi connectivity index (χ1n) is 8.95. The number of hydrogen-bond acceptors (Lipinski definition) is 5. The number of pyridine rings is 1. The predicted molar refractivity (Wildman–Crippen MR) is 96.0 cm³/mol. The lowest BCUT2D eigenvalue weighted by molar-refractivity contribution is 0.0925. The van der Waals surface area contributed by atoms with E-state index >= 15 is 0 Å². The summed E-state index contributed by atoms with van der Waals surface area (Å²) in [6.07, 6.45) is 8.27. The maximum atomic E-state index is 12.1. The summed E-state index contributed by atoms with van der Waals surface area (Å²) in [7, 11) is 0. The number of nitrogens with zero attached hydrogens (tertiary/aromatic N) is 4. The van der Waals surface area contributed by atoms with Crippen LogP contribution in [0.3, 0.4) is 0 Å². The molecule has 132 valence electrons. The summed E-state index contributed by atoms with van der Waals surface area (Å²) in [5.41, 5.74) is 2.80. The number of nitrogens with one attached hydrogen (secondary N) is 1. The van der Waals surface area contributed by atoms with Gasteiger partial charge in [-0.25, -0.2) is 9.97 Å². The molecular weight excluding hydrogens is 314 g/mol. The second-order valence-electron chi connectivity index (χ2n) is 6.56. The molecule has 0 aliphatic carbocycles. The normalized spacial score (nSPS) is 18.0. The van der Waals surface area contributed by atoms with Crippen molar-refractivity contribution < 1.29 is 4.79 Å². The van der Waals surface area contributed by atoms with Gasteiger partial charge in [-0.1, -0.05) is 13.0 Å². The highest BCUT2D eigenvalue weighted by Crippen LogP contribution is 2.18. The zero-order valence-electron chi connectivity index (χ0n) is 14.7. The smallest absolute Gasteiger partial charge is 0.270 e. The molecule has 6 nitrogen and oxygen atoms in total. The Labute approximate surface area is 148 Å². The molecule has 1 aliphatic heterocycles. The molecule has 0 spiro atoms. The number of amides is 1. The molecule has 3 heterocycles. The lowest BCUT2D eigenvalue weighted by atomic mass is 9.97. The molecule has 0 radical (unpaired) electrons. The lowest BCUT2D eigenvalue weighted by Gasteiger charge is -2.32. The van der Waals surface area contributed by atoms with E-state index in [4.69, 9.17) is 0 Å².